The molecule has 3 rings (SSSR count). The van der Waals surface area contributed by atoms with Crippen LogP contribution >= 0.6 is 0 Å². The van der Waals surface area contributed by atoms with Gasteiger partial charge in [0.25, 0.3) is 0 Å². The number of pyridine rings is 1. The van der Waals surface area contributed by atoms with Crippen LogP contribution in [-0.2, 0) is 0 Å². The topological polar surface area (TPSA) is 24.9 Å². The first-order valence-corrected chi connectivity index (χ1v) is 5.72. The Bertz CT molecular complexity index is 366. The molecule has 0 bridgehead atoms. The Balaban J connectivity index is 1.69. The van der Waals surface area contributed by atoms with Crippen molar-refractivity contribution in [3.63, 3.8) is 0 Å². The highest BCUT2D eigenvalue weighted by Gasteiger charge is 2.45. The van der Waals surface area contributed by atoms with E-state index in [2.05, 4.69) is 10.3 Å². The number of rotatable bonds is 2. The van der Waals surface area contributed by atoms with Crippen molar-refractivity contribution < 1.29 is 4.39 Å². The molecule has 2 nitrogen and oxygen atoms in total. The van der Waals surface area contributed by atoms with Crippen molar-refractivity contribution in [3.05, 3.63) is 24.1 Å². The molecule has 0 amide bonds. The molecular weight excluding hydrogens is 191 g/mol. The van der Waals surface area contributed by atoms with Gasteiger partial charge in [-0.3, -0.25) is 0 Å². The maximum Gasteiger partial charge on any atom is 0.214 e. The van der Waals surface area contributed by atoms with Crippen LogP contribution in [0.15, 0.2) is 18.2 Å². The lowest BCUT2D eigenvalue weighted by molar-refractivity contribution is 0.438. The van der Waals surface area contributed by atoms with Crippen molar-refractivity contribution in [2.24, 2.45) is 11.8 Å². The van der Waals surface area contributed by atoms with E-state index in [0.29, 0.717) is 11.9 Å². The first kappa shape index (κ1) is 9.13. The summed E-state index contributed by atoms with van der Waals surface area (Å²) in [6.45, 7) is 0. The smallest absolute Gasteiger partial charge is 0.214 e. The second-order valence-electron chi connectivity index (χ2n) is 4.69. The van der Waals surface area contributed by atoms with Gasteiger partial charge in [0.05, 0.1) is 0 Å². The Kier molecular flexibility index (Phi) is 2.11. The average molecular weight is 206 g/mol. The molecule has 1 N–H and O–H groups in total. The summed E-state index contributed by atoms with van der Waals surface area (Å²) in [5, 5.41) is 3.36. The quantitative estimate of drug-likeness (QED) is 0.753. The van der Waals surface area contributed by atoms with Gasteiger partial charge in [-0.25, -0.2) is 4.98 Å². The summed E-state index contributed by atoms with van der Waals surface area (Å²) in [6.07, 6.45) is 5.25. The largest absolute Gasteiger partial charge is 0.367 e. The molecule has 1 aromatic rings. The first-order chi connectivity index (χ1) is 7.33. The third kappa shape index (κ3) is 1.83. The number of nitrogens with zero attached hydrogens (tertiary/aromatic N) is 1. The lowest BCUT2D eigenvalue weighted by Crippen LogP contribution is -2.26. The van der Waals surface area contributed by atoms with Crippen molar-refractivity contribution in [2.75, 3.05) is 5.32 Å². The van der Waals surface area contributed by atoms with Gasteiger partial charge in [0.2, 0.25) is 5.95 Å². The molecule has 2 aliphatic rings. The van der Waals surface area contributed by atoms with Crippen LogP contribution in [-0.4, -0.2) is 11.0 Å². The summed E-state index contributed by atoms with van der Waals surface area (Å²) >= 11 is 0. The molecule has 2 fully saturated rings. The molecule has 0 saturated heterocycles. The van der Waals surface area contributed by atoms with Crippen LogP contribution in [0.25, 0.3) is 0 Å². The van der Waals surface area contributed by atoms with Gasteiger partial charge in [-0.15, -0.1) is 0 Å². The van der Waals surface area contributed by atoms with E-state index in [9.17, 15) is 4.39 Å². The predicted octanol–water partition coefficient (Wildman–Crippen LogP) is 2.82. The normalized spacial score (nSPS) is 33.3. The Labute approximate surface area is 88.9 Å². The molecule has 3 unspecified atom stereocenters. The molecule has 0 aliphatic heterocycles. The number of aromatic nitrogens is 1. The van der Waals surface area contributed by atoms with E-state index in [1.54, 1.807) is 6.07 Å². The highest BCUT2D eigenvalue weighted by atomic mass is 19.1. The van der Waals surface area contributed by atoms with Crippen molar-refractivity contribution in [3.8, 4) is 0 Å². The third-order valence-electron chi connectivity index (χ3n) is 3.63. The zero-order valence-corrected chi connectivity index (χ0v) is 8.62. The Morgan fingerprint density at radius 3 is 3.13 bits per heavy atom. The lowest BCUT2D eigenvalue weighted by atomic mass is 9.95. The third-order valence-corrected chi connectivity index (χ3v) is 3.63. The molecule has 0 aromatic carbocycles. The number of hydrogen-bond donors (Lipinski definition) is 1. The zero-order valence-electron chi connectivity index (χ0n) is 8.62. The van der Waals surface area contributed by atoms with Crippen molar-refractivity contribution in [1.29, 1.82) is 0 Å². The van der Waals surface area contributed by atoms with Crippen molar-refractivity contribution >= 4 is 5.82 Å². The molecule has 1 aromatic heterocycles. The Morgan fingerprint density at radius 2 is 2.27 bits per heavy atom. The minimum Gasteiger partial charge on any atom is -0.367 e. The fourth-order valence-electron chi connectivity index (χ4n) is 2.77. The van der Waals surface area contributed by atoms with E-state index in [-0.39, 0.29) is 0 Å². The van der Waals surface area contributed by atoms with Gasteiger partial charge in [-0.1, -0.05) is 18.9 Å². The standard InChI is InChI=1S/C12H15FN2/c13-11-5-2-6-12(15-11)14-10-4-1-3-8-7-9(8)10/h2,5-6,8-10H,1,3-4,7H2,(H,14,15). The summed E-state index contributed by atoms with van der Waals surface area (Å²) in [5.74, 6) is 2.05. The molecule has 3 heteroatoms. The molecule has 2 aliphatic carbocycles. The second kappa shape index (κ2) is 3.47. The molecule has 0 radical (unpaired) electrons. The fraction of sp³-hybridized carbons (Fsp3) is 0.583. The average Bonchev–Trinajstić information content (AvgIpc) is 2.97. The van der Waals surface area contributed by atoms with Crippen LogP contribution in [0.5, 0.6) is 0 Å². The van der Waals surface area contributed by atoms with Crippen molar-refractivity contribution in [1.82, 2.24) is 4.98 Å². The maximum absolute atomic E-state index is 12.9. The van der Waals surface area contributed by atoms with Crippen LogP contribution in [0.4, 0.5) is 10.2 Å². The van der Waals surface area contributed by atoms with Crippen LogP contribution in [0.1, 0.15) is 25.7 Å². The van der Waals surface area contributed by atoms with E-state index in [0.717, 1.165) is 11.8 Å². The second-order valence-corrected chi connectivity index (χ2v) is 4.69. The highest BCUT2D eigenvalue weighted by Crippen LogP contribution is 2.50. The molecule has 3 atom stereocenters. The van der Waals surface area contributed by atoms with Gasteiger partial charge >= 0.3 is 0 Å². The van der Waals surface area contributed by atoms with Gasteiger partial charge in [0, 0.05) is 6.04 Å². The summed E-state index contributed by atoms with van der Waals surface area (Å²) < 4.78 is 12.9. The van der Waals surface area contributed by atoms with Gasteiger partial charge < -0.3 is 5.32 Å². The minimum atomic E-state index is -0.400. The molecule has 2 saturated carbocycles. The van der Waals surface area contributed by atoms with E-state index < -0.39 is 5.95 Å². The number of nitrogens with one attached hydrogen (secondary N) is 1. The molecule has 0 spiro atoms. The van der Waals surface area contributed by atoms with Gasteiger partial charge in [-0.05, 0) is 36.8 Å². The van der Waals surface area contributed by atoms with E-state index in [1.807, 2.05) is 6.07 Å². The van der Waals surface area contributed by atoms with Crippen LogP contribution in [0.3, 0.4) is 0 Å². The van der Waals surface area contributed by atoms with Crippen LogP contribution in [0.2, 0.25) is 0 Å². The predicted molar refractivity (Wildman–Crippen MR) is 57.1 cm³/mol. The molecular formula is C12H15FN2. The van der Waals surface area contributed by atoms with E-state index in [1.165, 1.54) is 31.7 Å². The van der Waals surface area contributed by atoms with E-state index in [4.69, 9.17) is 0 Å². The van der Waals surface area contributed by atoms with Crippen LogP contribution in [0, 0.1) is 17.8 Å². The van der Waals surface area contributed by atoms with Gasteiger partial charge in [0.1, 0.15) is 5.82 Å². The van der Waals surface area contributed by atoms with E-state index >= 15 is 0 Å². The van der Waals surface area contributed by atoms with Gasteiger partial charge in [-0.2, -0.15) is 4.39 Å². The number of hydrogen-bond acceptors (Lipinski definition) is 2. The van der Waals surface area contributed by atoms with Crippen molar-refractivity contribution in [2.45, 2.75) is 31.7 Å². The van der Waals surface area contributed by atoms with Gasteiger partial charge in [0.15, 0.2) is 0 Å². The summed E-state index contributed by atoms with van der Waals surface area (Å²) in [4.78, 5) is 3.84. The maximum atomic E-state index is 12.9. The zero-order chi connectivity index (χ0) is 10.3. The number of anilines is 1. The molecule has 1 heterocycles. The lowest BCUT2D eigenvalue weighted by Gasteiger charge is -2.23. The Hall–Kier alpha value is -1.12. The highest BCUT2D eigenvalue weighted by molar-refractivity contribution is 5.36. The van der Waals surface area contributed by atoms with Crippen LogP contribution < -0.4 is 5.32 Å². The summed E-state index contributed by atoms with van der Waals surface area (Å²) in [5.41, 5.74) is 0. The minimum absolute atomic E-state index is 0.400. The SMILES string of the molecule is Fc1cccc(NC2CCCC3CC32)n1. The fourth-order valence-corrected chi connectivity index (χ4v) is 2.77. The number of fused-ring (bicyclic) bond motifs is 1. The summed E-state index contributed by atoms with van der Waals surface area (Å²) in [7, 11) is 0. The summed E-state index contributed by atoms with van der Waals surface area (Å²) in [6, 6.07) is 5.46. The molecule has 80 valence electrons. The first-order valence-electron chi connectivity index (χ1n) is 5.72. The number of halogens is 1. The molecule has 15 heavy (non-hydrogen) atoms. The Morgan fingerprint density at radius 1 is 1.33 bits per heavy atom. The monoisotopic (exact) mass is 206 g/mol.